The summed E-state index contributed by atoms with van der Waals surface area (Å²) in [6, 6.07) is 9.02. The molecule has 1 atom stereocenters. The zero-order valence-corrected chi connectivity index (χ0v) is 19.0. The molecule has 2 N–H and O–H groups in total. The highest BCUT2D eigenvalue weighted by Gasteiger charge is 2.37. The van der Waals surface area contributed by atoms with Crippen molar-refractivity contribution in [2.24, 2.45) is 0 Å². The van der Waals surface area contributed by atoms with E-state index in [1.807, 2.05) is 18.2 Å². The normalized spacial score (nSPS) is 20.1. The van der Waals surface area contributed by atoms with E-state index in [9.17, 15) is 13.2 Å². The topological polar surface area (TPSA) is 93.7 Å². The van der Waals surface area contributed by atoms with E-state index in [0.29, 0.717) is 42.4 Å². The third-order valence-corrected chi connectivity index (χ3v) is 8.28. The minimum absolute atomic E-state index is 0.165. The van der Waals surface area contributed by atoms with Crippen LogP contribution < -0.4 is 19.5 Å². The van der Waals surface area contributed by atoms with Crippen molar-refractivity contribution >= 4 is 21.6 Å². The van der Waals surface area contributed by atoms with Crippen LogP contribution in [0.25, 0.3) is 0 Å². The largest absolute Gasteiger partial charge is 0.496 e. The lowest BCUT2D eigenvalue weighted by atomic mass is 9.77. The molecule has 0 bridgehead atoms. The molecule has 2 heterocycles. The summed E-state index contributed by atoms with van der Waals surface area (Å²) in [5, 5.41) is 3.24. The molecule has 0 spiro atoms. The lowest BCUT2D eigenvalue weighted by molar-refractivity contribution is -0.121. The summed E-state index contributed by atoms with van der Waals surface area (Å²) in [4.78, 5) is 13.5. The molecule has 3 aliphatic rings. The Hall–Kier alpha value is -2.74. The van der Waals surface area contributed by atoms with Gasteiger partial charge < -0.3 is 14.8 Å². The molecule has 2 aliphatic heterocycles. The van der Waals surface area contributed by atoms with E-state index < -0.39 is 21.8 Å². The van der Waals surface area contributed by atoms with E-state index in [-0.39, 0.29) is 4.90 Å². The lowest BCUT2D eigenvalue weighted by Gasteiger charge is -2.33. The third kappa shape index (κ3) is 3.60. The number of anilines is 1. The van der Waals surface area contributed by atoms with Crippen LogP contribution in [0.4, 0.5) is 5.69 Å². The molecule has 1 aliphatic carbocycles. The van der Waals surface area contributed by atoms with Crippen molar-refractivity contribution in [2.75, 3.05) is 25.6 Å². The van der Waals surface area contributed by atoms with Crippen LogP contribution in [-0.2, 0) is 21.2 Å². The van der Waals surface area contributed by atoms with E-state index in [0.717, 1.165) is 42.6 Å². The first kappa shape index (κ1) is 21.1. The number of carbonyl (C=O) groups excluding carboxylic acids is 1. The average Bonchev–Trinajstić information content (AvgIpc) is 2.77. The average molecular weight is 457 g/mol. The first-order valence-electron chi connectivity index (χ1n) is 11.3. The quantitative estimate of drug-likeness (QED) is 0.713. The summed E-state index contributed by atoms with van der Waals surface area (Å²) in [5.41, 5.74) is 3.30. The Morgan fingerprint density at radius 1 is 1.16 bits per heavy atom. The van der Waals surface area contributed by atoms with E-state index in [2.05, 4.69) is 10.0 Å². The minimum atomic E-state index is -4.01. The Kier molecular flexibility index (Phi) is 5.49. The van der Waals surface area contributed by atoms with Crippen molar-refractivity contribution < 1.29 is 22.7 Å². The molecule has 1 amide bonds. The van der Waals surface area contributed by atoms with Gasteiger partial charge in [0.25, 0.3) is 10.0 Å². The number of ether oxygens (including phenoxy) is 2. The smallest absolute Gasteiger partial charge is 0.264 e. The molecule has 5 rings (SSSR count). The van der Waals surface area contributed by atoms with Gasteiger partial charge in [0.1, 0.15) is 11.5 Å². The van der Waals surface area contributed by atoms with E-state index in [4.69, 9.17) is 9.47 Å². The second kappa shape index (κ2) is 8.31. The second-order valence-corrected chi connectivity index (χ2v) is 10.4. The molecule has 0 unspecified atom stereocenters. The van der Waals surface area contributed by atoms with Gasteiger partial charge in [0.05, 0.1) is 24.5 Å². The molecule has 8 heteroatoms. The van der Waals surface area contributed by atoms with Crippen LogP contribution >= 0.6 is 0 Å². The summed E-state index contributed by atoms with van der Waals surface area (Å²) in [6.07, 6.45) is 5.28. The van der Waals surface area contributed by atoms with E-state index in [1.165, 1.54) is 6.42 Å². The Morgan fingerprint density at radius 3 is 2.75 bits per heavy atom. The summed E-state index contributed by atoms with van der Waals surface area (Å²) < 4.78 is 40.4. The number of methoxy groups -OCH3 is 1. The van der Waals surface area contributed by atoms with Gasteiger partial charge in [-0.3, -0.25) is 4.79 Å². The first-order valence-corrected chi connectivity index (χ1v) is 12.7. The molecule has 1 fully saturated rings. The predicted molar refractivity (Wildman–Crippen MR) is 121 cm³/mol. The number of amides is 1. The molecule has 7 nitrogen and oxygen atoms in total. The van der Waals surface area contributed by atoms with Crippen LogP contribution in [0.15, 0.2) is 35.2 Å². The molecule has 0 saturated heterocycles. The summed E-state index contributed by atoms with van der Waals surface area (Å²) >= 11 is 0. The van der Waals surface area contributed by atoms with Crippen molar-refractivity contribution in [3.05, 3.63) is 47.0 Å². The maximum atomic E-state index is 13.3. The van der Waals surface area contributed by atoms with Gasteiger partial charge in [-0.05, 0) is 67.3 Å². The van der Waals surface area contributed by atoms with Crippen LogP contribution in [0.5, 0.6) is 11.5 Å². The summed E-state index contributed by atoms with van der Waals surface area (Å²) in [7, 11) is -2.46. The standard InChI is InChI=1S/C24H28N2O5S/c1-30-20-11-10-16(15-5-2-6-15)23-22(20)18(12-14-31-23)24(27)26-32(28,29)21-9-3-8-19-17(21)7-4-13-25-19/h3,8-11,15,18,25H,2,4-7,12-14H2,1H3,(H,26,27)/t18-/m1/s1. The predicted octanol–water partition coefficient (Wildman–Crippen LogP) is 3.69. The fourth-order valence-corrected chi connectivity index (χ4v) is 6.29. The van der Waals surface area contributed by atoms with E-state index >= 15 is 0 Å². The summed E-state index contributed by atoms with van der Waals surface area (Å²) in [6.45, 7) is 1.17. The Labute approximate surface area is 188 Å². The highest BCUT2D eigenvalue weighted by atomic mass is 32.2. The molecular formula is C24H28N2O5S. The SMILES string of the molecule is COc1ccc(C2CCC2)c2c1[C@H](C(=O)NS(=O)(=O)c1cccc3c1CCCN3)CCO2. The van der Waals surface area contributed by atoms with Gasteiger partial charge in [-0.15, -0.1) is 0 Å². The number of hydrogen-bond acceptors (Lipinski definition) is 6. The number of carbonyl (C=O) groups is 1. The fourth-order valence-electron chi connectivity index (χ4n) is 4.98. The van der Waals surface area contributed by atoms with Crippen LogP contribution in [0.2, 0.25) is 0 Å². The van der Waals surface area contributed by atoms with Crippen molar-refractivity contribution in [3.63, 3.8) is 0 Å². The highest BCUT2D eigenvalue weighted by molar-refractivity contribution is 7.90. The zero-order valence-electron chi connectivity index (χ0n) is 18.1. The van der Waals surface area contributed by atoms with Gasteiger partial charge in [0.15, 0.2) is 0 Å². The van der Waals surface area contributed by atoms with Crippen LogP contribution in [-0.4, -0.2) is 34.6 Å². The molecule has 2 aromatic rings. The molecule has 170 valence electrons. The number of sulfonamides is 1. The molecule has 0 aromatic heterocycles. The van der Waals surface area contributed by atoms with Gasteiger partial charge in [0.2, 0.25) is 5.91 Å². The number of nitrogens with one attached hydrogen (secondary N) is 2. The third-order valence-electron chi connectivity index (χ3n) is 6.85. The van der Waals surface area contributed by atoms with Crippen LogP contribution in [0, 0.1) is 0 Å². The Morgan fingerprint density at radius 2 is 2.00 bits per heavy atom. The highest BCUT2D eigenvalue weighted by Crippen LogP contribution is 2.49. The maximum absolute atomic E-state index is 13.3. The molecule has 0 radical (unpaired) electrons. The van der Waals surface area contributed by atoms with Crippen molar-refractivity contribution in [3.8, 4) is 11.5 Å². The van der Waals surface area contributed by atoms with Gasteiger partial charge in [0, 0.05) is 17.8 Å². The maximum Gasteiger partial charge on any atom is 0.264 e. The van der Waals surface area contributed by atoms with E-state index in [1.54, 1.807) is 19.2 Å². The zero-order chi connectivity index (χ0) is 22.3. The van der Waals surface area contributed by atoms with Crippen LogP contribution in [0.1, 0.15) is 60.6 Å². The summed E-state index contributed by atoms with van der Waals surface area (Å²) in [5.74, 6) is 0.477. The first-order chi connectivity index (χ1) is 15.5. The number of hydrogen-bond donors (Lipinski definition) is 2. The molecule has 1 saturated carbocycles. The molecular weight excluding hydrogens is 428 g/mol. The number of benzene rings is 2. The number of fused-ring (bicyclic) bond motifs is 2. The van der Waals surface area contributed by atoms with Crippen molar-refractivity contribution in [2.45, 2.75) is 55.3 Å². The fraction of sp³-hybridized carbons (Fsp3) is 0.458. The Balaban J connectivity index is 1.48. The van der Waals surface area contributed by atoms with Crippen molar-refractivity contribution in [1.82, 2.24) is 4.72 Å². The van der Waals surface area contributed by atoms with Gasteiger partial charge in [-0.2, -0.15) is 0 Å². The monoisotopic (exact) mass is 456 g/mol. The van der Waals surface area contributed by atoms with Gasteiger partial charge in [-0.1, -0.05) is 18.6 Å². The molecule has 32 heavy (non-hydrogen) atoms. The Bertz CT molecular complexity index is 1160. The van der Waals surface area contributed by atoms with Gasteiger partial charge >= 0.3 is 0 Å². The molecule has 2 aromatic carbocycles. The second-order valence-electron chi connectivity index (χ2n) is 8.70. The minimum Gasteiger partial charge on any atom is -0.496 e. The number of rotatable bonds is 5. The van der Waals surface area contributed by atoms with Crippen LogP contribution in [0.3, 0.4) is 0 Å². The van der Waals surface area contributed by atoms with Gasteiger partial charge in [-0.25, -0.2) is 13.1 Å². The lowest BCUT2D eigenvalue weighted by Crippen LogP contribution is -2.37. The van der Waals surface area contributed by atoms with Crippen molar-refractivity contribution in [1.29, 1.82) is 0 Å².